The van der Waals surface area contributed by atoms with Crippen molar-refractivity contribution in [2.24, 2.45) is 11.8 Å². The molecule has 0 amide bonds. The minimum atomic E-state index is -1.91. The molecular formula is C26H36N2O3S2. The maximum Gasteiger partial charge on any atom is 0.0880 e. The van der Waals surface area contributed by atoms with Crippen LogP contribution in [-0.4, -0.2) is 38.6 Å². The molecule has 0 bridgehead atoms. The van der Waals surface area contributed by atoms with Gasteiger partial charge in [0.2, 0.25) is 0 Å². The summed E-state index contributed by atoms with van der Waals surface area (Å²) in [5.41, 5.74) is 3.87. The SMILES string of the molecule is CCc1ccc(N(CC(C)C)S2(c3ccc4c(c3)SCCN4CC3CCOCC3)OO2)cc1. The van der Waals surface area contributed by atoms with Gasteiger partial charge in [-0.05, 0) is 77.8 Å². The highest BCUT2D eigenvalue weighted by molar-refractivity contribution is 8.30. The highest BCUT2D eigenvalue weighted by Crippen LogP contribution is 2.74. The van der Waals surface area contributed by atoms with Crippen molar-refractivity contribution in [3.8, 4) is 0 Å². The fourth-order valence-electron chi connectivity index (χ4n) is 4.73. The van der Waals surface area contributed by atoms with E-state index in [0.29, 0.717) is 5.92 Å². The third-order valence-electron chi connectivity index (χ3n) is 6.66. The Bertz CT molecular complexity index is 943. The molecule has 180 valence electrons. The van der Waals surface area contributed by atoms with Crippen molar-refractivity contribution in [2.45, 2.75) is 49.8 Å². The van der Waals surface area contributed by atoms with E-state index >= 15 is 0 Å². The molecule has 0 unspecified atom stereocenters. The average Bonchev–Trinajstić information content (AvgIpc) is 3.65. The van der Waals surface area contributed by atoms with Gasteiger partial charge in [0, 0.05) is 43.5 Å². The highest BCUT2D eigenvalue weighted by Gasteiger charge is 2.48. The number of benzene rings is 2. The van der Waals surface area contributed by atoms with Gasteiger partial charge in [0.1, 0.15) is 0 Å². The molecule has 2 aromatic rings. The number of anilines is 2. The Morgan fingerprint density at radius 2 is 1.85 bits per heavy atom. The van der Waals surface area contributed by atoms with Crippen molar-refractivity contribution in [3.63, 3.8) is 0 Å². The molecule has 2 aromatic carbocycles. The third kappa shape index (κ3) is 5.03. The van der Waals surface area contributed by atoms with Crippen LogP contribution in [0.1, 0.15) is 39.2 Å². The van der Waals surface area contributed by atoms with Gasteiger partial charge in [-0.3, -0.25) is 4.31 Å². The summed E-state index contributed by atoms with van der Waals surface area (Å²) in [5, 5.41) is 0. The Morgan fingerprint density at radius 3 is 2.52 bits per heavy atom. The second-order valence-corrected chi connectivity index (χ2v) is 12.8. The highest BCUT2D eigenvalue weighted by atomic mass is 32.3. The monoisotopic (exact) mass is 488 g/mol. The molecule has 5 nitrogen and oxygen atoms in total. The Labute approximate surface area is 204 Å². The minimum absolute atomic E-state index is 0.495. The van der Waals surface area contributed by atoms with Crippen LogP contribution in [0.3, 0.4) is 0 Å². The van der Waals surface area contributed by atoms with E-state index in [1.54, 1.807) is 0 Å². The number of fused-ring (bicyclic) bond motifs is 1. The average molecular weight is 489 g/mol. The van der Waals surface area contributed by atoms with E-state index in [2.05, 4.69) is 72.4 Å². The second-order valence-electron chi connectivity index (χ2n) is 9.57. The first-order valence-corrected chi connectivity index (χ1v) is 14.7. The normalized spacial score (nSPS) is 21.0. The van der Waals surface area contributed by atoms with Crippen LogP contribution in [0.2, 0.25) is 0 Å². The van der Waals surface area contributed by atoms with Crippen LogP contribution < -0.4 is 9.21 Å². The number of rotatable bonds is 8. The third-order valence-corrected chi connectivity index (χ3v) is 9.87. The molecule has 7 heteroatoms. The topological polar surface area (TPSA) is 40.8 Å². The Balaban J connectivity index is 1.41. The summed E-state index contributed by atoms with van der Waals surface area (Å²) in [4.78, 5) is 5.09. The lowest BCUT2D eigenvalue weighted by molar-refractivity contribution is 0.0682. The maximum atomic E-state index is 5.87. The summed E-state index contributed by atoms with van der Waals surface area (Å²) in [6.45, 7) is 11.6. The number of ether oxygens (including phenoxy) is 1. The largest absolute Gasteiger partial charge is 0.381 e. The van der Waals surface area contributed by atoms with Crippen molar-refractivity contribution >= 4 is 33.9 Å². The predicted molar refractivity (Wildman–Crippen MR) is 139 cm³/mol. The van der Waals surface area contributed by atoms with Crippen LogP contribution in [0.5, 0.6) is 0 Å². The summed E-state index contributed by atoms with van der Waals surface area (Å²) in [5.74, 6) is 2.35. The van der Waals surface area contributed by atoms with Crippen molar-refractivity contribution in [3.05, 3.63) is 48.0 Å². The molecular weight excluding hydrogens is 452 g/mol. The molecule has 0 N–H and O–H groups in total. The van der Waals surface area contributed by atoms with Crippen molar-refractivity contribution in [1.82, 2.24) is 0 Å². The standard InChI is InChI=1S/C26H36N2O3S2/c1-4-21-5-7-23(8-6-21)28(18-20(2)3)33(30-31-33)24-9-10-25-26(17-24)32-16-13-27(25)19-22-11-14-29-15-12-22/h5-10,17,20,22H,4,11-16,18-19H2,1-3H3. The van der Waals surface area contributed by atoms with Gasteiger partial charge in [0.05, 0.1) is 16.3 Å². The zero-order valence-corrected chi connectivity index (χ0v) is 21.6. The molecule has 2 fully saturated rings. The molecule has 0 atom stereocenters. The van der Waals surface area contributed by atoms with E-state index in [-0.39, 0.29) is 0 Å². The molecule has 2 saturated heterocycles. The molecule has 3 aliphatic rings. The Hall–Kier alpha value is -1.38. The molecule has 3 aliphatic heterocycles. The lowest BCUT2D eigenvalue weighted by Gasteiger charge is -2.37. The van der Waals surface area contributed by atoms with Gasteiger partial charge < -0.3 is 9.64 Å². The number of hydrogen-bond donors (Lipinski definition) is 0. The van der Waals surface area contributed by atoms with E-state index < -0.39 is 10.8 Å². The quantitative estimate of drug-likeness (QED) is 0.307. The summed E-state index contributed by atoms with van der Waals surface area (Å²) < 4.78 is 19.7. The first-order valence-electron chi connectivity index (χ1n) is 12.3. The zero-order valence-electron chi connectivity index (χ0n) is 20.0. The molecule has 0 aromatic heterocycles. The van der Waals surface area contributed by atoms with Gasteiger partial charge in [-0.2, -0.15) is 0 Å². The molecule has 33 heavy (non-hydrogen) atoms. The molecule has 0 saturated carbocycles. The van der Waals surface area contributed by atoms with Crippen LogP contribution in [0.15, 0.2) is 52.3 Å². The van der Waals surface area contributed by atoms with Gasteiger partial charge in [0.15, 0.2) is 0 Å². The number of hydrogen-bond acceptors (Lipinski definition) is 6. The van der Waals surface area contributed by atoms with Gasteiger partial charge >= 0.3 is 0 Å². The molecule has 5 rings (SSSR count). The van der Waals surface area contributed by atoms with E-state index in [9.17, 15) is 0 Å². The molecule has 0 radical (unpaired) electrons. The lowest BCUT2D eigenvalue weighted by Crippen LogP contribution is -2.36. The van der Waals surface area contributed by atoms with Gasteiger partial charge in [-0.25, -0.2) is 0 Å². The smallest absolute Gasteiger partial charge is 0.0880 e. The first kappa shape index (κ1) is 23.4. The fraction of sp³-hybridized carbons (Fsp3) is 0.538. The number of thioether (sulfide) groups is 1. The van der Waals surface area contributed by atoms with Crippen molar-refractivity contribution < 1.29 is 13.4 Å². The van der Waals surface area contributed by atoms with Gasteiger partial charge in [-0.1, -0.05) is 41.6 Å². The first-order chi connectivity index (χ1) is 16.1. The van der Waals surface area contributed by atoms with E-state index in [4.69, 9.17) is 13.4 Å². The number of aryl methyl sites for hydroxylation is 1. The van der Waals surface area contributed by atoms with Gasteiger partial charge in [0.25, 0.3) is 0 Å². The molecule has 0 aliphatic carbocycles. The van der Waals surface area contributed by atoms with E-state index in [0.717, 1.165) is 55.8 Å². The Morgan fingerprint density at radius 1 is 1.09 bits per heavy atom. The fourth-order valence-corrected chi connectivity index (χ4v) is 8.06. The molecule has 3 heterocycles. The molecule has 0 spiro atoms. The second kappa shape index (κ2) is 10.1. The van der Waals surface area contributed by atoms with Crippen molar-refractivity contribution in [1.29, 1.82) is 0 Å². The van der Waals surface area contributed by atoms with Crippen LogP contribution in [0.4, 0.5) is 11.4 Å². The van der Waals surface area contributed by atoms with Gasteiger partial charge in [-0.15, -0.1) is 11.8 Å². The van der Waals surface area contributed by atoms with Crippen LogP contribution >= 0.6 is 22.5 Å². The van der Waals surface area contributed by atoms with E-state index in [1.807, 2.05) is 11.8 Å². The summed E-state index contributed by atoms with van der Waals surface area (Å²) in [6, 6.07) is 15.7. The lowest BCUT2D eigenvalue weighted by atomic mass is 9.99. The minimum Gasteiger partial charge on any atom is -0.381 e. The Kier molecular flexibility index (Phi) is 7.14. The number of nitrogens with zero attached hydrogens (tertiary/aromatic N) is 2. The van der Waals surface area contributed by atoms with Crippen LogP contribution in [0.25, 0.3) is 0 Å². The summed E-state index contributed by atoms with van der Waals surface area (Å²) in [6.07, 6.45) is 3.39. The maximum absolute atomic E-state index is 5.87. The summed E-state index contributed by atoms with van der Waals surface area (Å²) in [7, 11) is -1.91. The predicted octanol–water partition coefficient (Wildman–Crippen LogP) is 6.62. The zero-order chi connectivity index (χ0) is 22.8. The van der Waals surface area contributed by atoms with Crippen LogP contribution in [-0.2, 0) is 19.8 Å². The van der Waals surface area contributed by atoms with E-state index in [1.165, 1.54) is 34.7 Å². The van der Waals surface area contributed by atoms with Crippen molar-refractivity contribution in [2.75, 3.05) is 47.8 Å². The summed E-state index contributed by atoms with van der Waals surface area (Å²) >= 11 is 1.96. The van der Waals surface area contributed by atoms with Crippen LogP contribution in [0, 0.1) is 11.8 Å².